The third-order valence-electron chi connectivity index (χ3n) is 3.40. The third kappa shape index (κ3) is 5.22. The summed E-state index contributed by atoms with van der Waals surface area (Å²) in [5.41, 5.74) is 0.103. The van der Waals surface area contributed by atoms with Crippen LogP contribution in [-0.2, 0) is 4.74 Å². The van der Waals surface area contributed by atoms with Crippen LogP contribution in [0, 0.1) is 0 Å². The SMILES string of the molecule is CC(C)(C)OC(=O)N(C(=O)O)c1nc(-c2ccccc2)c(Oc2cc(Cl)ncn2)s1. The molecule has 0 bridgehead atoms. The maximum Gasteiger partial charge on any atom is 0.426 e. The quantitative estimate of drug-likeness (QED) is 0.522. The smallest absolute Gasteiger partial charge is 0.426 e. The molecule has 30 heavy (non-hydrogen) atoms. The van der Waals surface area contributed by atoms with E-state index < -0.39 is 17.8 Å². The number of nitrogens with zero attached hydrogens (tertiary/aromatic N) is 4. The Kier molecular flexibility index (Phi) is 6.18. The van der Waals surface area contributed by atoms with Crippen molar-refractivity contribution >= 4 is 40.3 Å². The van der Waals surface area contributed by atoms with Crippen LogP contribution in [-0.4, -0.2) is 37.8 Å². The van der Waals surface area contributed by atoms with Crippen LogP contribution in [0.3, 0.4) is 0 Å². The molecule has 0 aliphatic rings. The molecule has 156 valence electrons. The molecule has 0 aliphatic heterocycles. The van der Waals surface area contributed by atoms with Gasteiger partial charge in [-0.2, -0.15) is 4.90 Å². The van der Waals surface area contributed by atoms with Gasteiger partial charge in [-0.3, -0.25) is 0 Å². The van der Waals surface area contributed by atoms with Crippen molar-refractivity contribution in [3.63, 3.8) is 0 Å². The minimum Gasteiger partial charge on any atom is -0.464 e. The van der Waals surface area contributed by atoms with Gasteiger partial charge in [0, 0.05) is 11.6 Å². The molecule has 2 amide bonds. The molecule has 0 saturated carbocycles. The highest BCUT2D eigenvalue weighted by Gasteiger charge is 2.32. The minimum atomic E-state index is -1.53. The van der Waals surface area contributed by atoms with E-state index in [-0.39, 0.29) is 21.2 Å². The van der Waals surface area contributed by atoms with Crippen LogP contribution in [0.5, 0.6) is 10.9 Å². The molecule has 2 aromatic heterocycles. The Morgan fingerprint density at radius 1 is 1.17 bits per heavy atom. The van der Waals surface area contributed by atoms with Crippen LogP contribution in [0.1, 0.15) is 20.8 Å². The number of ether oxygens (including phenoxy) is 2. The molecule has 1 aromatic carbocycles. The first kappa shape index (κ1) is 21.5. The van der Waals surface area contributed by atoms with Crippen molar-refractivity contribution in [1.29, 1.82) is 0 Å². The fourth-order valence-corrected chi connectivity index (χ4v) is 3.32. The molecular weight excluding hydrogens is 432 g/mol. The van der Waals surface area contributed by atoms with Gasteiger partial charge in [0.25, 0.3) is 0 Å². The second-order valence-electron chi connectivity index (χ2n) is 6.88. The van der Waals surface area contributed by atoms with Crippen molar-refractivity contribution in [2.24, 2.45) is 0 Å². The Morgan fingerprint density at radius 2 is 1.87 bits per heavy atom. The number of aromatic nitrogens is 3. The van der Waals surface area contributed by atoms with Crippen LogP contribution >= 0.6 is 22.9 Å². The molecule has 0 saturated heterocycles. The lowest BCUT2D eigenvalue weighted by molar-refractivity contribution is 0.0582. The fraction of sp³-hybridized carbons (Fsp3) is 0.211. The van der Waals surface area contributed by atoms with E-state index in [0.29, 0.717) is 16.2 Å². The maximum absolute atomic E-state index is 12.5. The number of imide groups is 1. The van der Waals surface area contributed by atoms with Gasteiger partial charge in [-0.15, -0.1) is 0 Å². The molecule has 2 heterocycles. The van der Waals surface area contributed by atoms with E-state index in [1.165, 1.54) is 12.4 Å². The van der Waals surface area contributed by atoms with Gasteiger partial charge in [0.1, 0.15) is 22.8 Å². The predicted molar refractivity (Wildman–Crippen MR) is 111 cm³/mol. The summed E-state index contributed by atoms with van der Waals surface area (Å²) in [5, 5.41) is 9.87. The molecule has 0 fully saturated rings. The number of hydrogen-bond acceptors (Lipinski definition) is 8. The standard InChI is InChI=1S/C19H17ClN4O5S/c1-19(2,3)29-18(27)24(17(25)26)16-23-14(11-7-5-4-6-8-11)15(30-16)28-13-9-12(20)21-10-22-13/h4-10H,1-3H3,(H,25,26). The second-order valence-corrected chi connectivity index (χ2v) is 8.21. The summed E-state index contributed by atoms with van der Waals surface area (Å²) in [7, 11) is 0. The van der Waals surface area contributed by atoms with Crippen LogP contribution in [0.25, 0.3) is 11.3 Å². The summed E-state index contributed by atoms with van der Waals surface area (Å²) in [6.45, 7) is 4.90. The minimum absolute atomic E-state index is 0.134. The van der Waals surface area contributed by atoms with Gasteiger partial charge < -0.3 is 14.6 Å². The van der Waals surface area contributed by atoms with Crippen LogP contribution in [0.2, 0.25) is 5.15 Å². The lowest BCUT2D eigenvalue weighted by Gasteiger charge is -2.22. The number of amides is 2. The van der Waals surface area contributed by atoms with Crippen molar-refractivity contribution < 1.29 is 24.2 Å². The van der Waals surface area contributed by atoms with Crippen LogP contribution < -0.4 is 9.64 Å². The molecule has 3 rings (SSSR count). The van der Waals surface area contributed by atoms with Crippen LogP contribution in [0.15, 0.2) is 42.7 Å². The number of benzene rings is 1. The summed E-state index contributed by atoms with van der Waals surface area (Å²) in [4.78, 5) is 36.8. The Morgan fingerprint density at radius 3 is 2.47 bits per heavy atom. The molecule has 0 aliphatic carbocycles. The van der Waals surface area contributed by atoms with Gasteiger partial charge in [0.2, 0.25) is 16.1 Å². The number of thiazole rings is 1. The Hall–Kier alpha value is -3.24. The van der Waals surface area contributed by atoms with Gasteiger partial charge >= 0.3 is 12.2 Å². The number of halogens is 1. The van der Waals surface area contributed by atoms with Crippen molar-refractivity contribution in [3.05, 3.63) is 47.9 Å². The van der Waals surface area contributed by atoms with Gasteiger partial charge in [-0.05, 0) is 20.8 Å². The van der Waals surface area contributed by atoms with E-state index in [9.17, 15) is 14.7 Å². The Balaban J connectivity index is 2.06. The average molecular weight is 449 g/mol. The van der Waals surface area contributed by atoms with Crippen molar-refractivity contribution in [1.82, 2.24) is 15.0 Å². The molecule has 0 atom stereocenters. The number of anilines is 1. The van der Waals surface area contributed by atoms with E-state index >= 15 is 0 Å². The van der Waals surface area contributed by atoms with Crippen LogP contribution in [0.4, 0.5) is 14.7 Å². The van der Waals surface area contributed by atoms with Gasteiger partial charge in [0.05, 0.1) is 0 Å². The first-order chi connectivity index (χ1) is 14.1. The molecule has 3 aromatic rings. The lowest BCUT2D eigenvalue weighted by Crippen LogP contribution is -2.40. The molecule has 0 unspecified atom stereocenters. The third-order valence-corrected chi connectivity index (χ3v) is 4.52. The van der Waals surface area contributed by atoms with Gasteiger partial charge in [-0.1, -0.05) is 53.3 Å². The number of carbonyl (C=O) groups is 2. The zero-order valence-electron chi connectivity index (χ0n) is 16.2. The number of rotatable bonds is 4. The molecule has 0 radical (unpaired) electrons. The monoisotopic (exact) mass is 448 g/mol. The van der Waals surface area contributed by atoms with Crippen molar-refractivity contribution in [3.8, 4) is 22.2 Å². The molecule has 0 spiro atoms. The van der Waals surface area contributed by atoms with Gasteiger partial charge in [-0.25, -0.2) is 24.5 Å². The zero-order chi connectivity index (χ0) is 21.9. The maximum atomic E-state index is 12.5. The van der Waals surface area contributed by atoms with Crippen molar-refractivity contribution in [2.75, 3.05) is 4.90 Å². The predicted octanol–water partition coefficient (Wildman–Crippen LogP) is 5.47. The van der Waals surface area contributed by atoms with E-state index in [0.717, 1.165) is 11.3 Å². The number of carbonyl (C=O) groups excluding carboxylic acids is 1. The highest BCUT2D eigenvalue weighted by Crippen LogP contribution is 2.42. The molecule has 1 N–H and O–H groups in total. The first-order valence-corrected chi connectivity index (χ1v) is 9.81. The summed E-state index contributed by atoms with van der Waals surface area (Å²) < 4.78 is 11.0. The largest absolute Gasteiger partial charge is 0.464 e. The summed E-state index contributed by atoms with van der Waals surface area (Å²) in [5.74, 6) is 0.140. The summed E-state index contributed by atoms with van der Waals surface area (Å²) >= 11 is 6.73. The van der Waals surface area contributed by atoms with E-state index in [1.54, 1.807) is 45.0 Å². The van der Waals surface area contributed by atoms with Crippen molar-refractivity contribution in [2.45, 2.75) is 26.4 Å². The Labute approximate surface area is 180 Å². The number of hydrogen-bond donors (Lipinski definition) is 1. The topological polar surface area (TPSA) is 115 Å². The van der Waals surface area contributed by atoms with E-state index in [4.69, 9.17) is 21.1 Å². The number of carboxylic acid groups (broad SMARTS) is 1. The highest BCUT2D eigenvalue weighted by molar-refractivity contribution is 7.18. The fourth-order valence-electron chi connectivity index (χ4n) is 2.25. The molecule has 9 nitrogen and oxygen atoms in total. The highest BCUT2D eigenvalue weighted by atomic mass is 35.5. The second kappa shape index (κ2) is 8.64. The normalized spacial score (nSPS) is 11.1. The van der Waals surface area contributed by atoms with E-state index in [1.807, 2.05) is 6.07 Å². The lowest BCUT2D eigenvalue weighted by atomic mass is 10.2. The summed E-state index contributed by atoms with van der Waals surface area (Å²) in [6.07, 6.45) is -1.37. The van der Waals surface area contributed by atoms with Gasteiger partial charge in [0.15, 0.2) is 0 Å². The Bertz CT molecular complexity index is 1070. The zero-order valence-corrected chi connectivity index (χ0v) is 17.8. The average Bonchev–Trinajstić information content (AvgIpc) is 3.03. The van der Waals surface area contributed by atoms with E-state index in [2.05, 4.69) is 15.0 Å². The summed E-state index contributed by atoms with van der Waals surface area (Å²) in [6, 6.07) is 10.4. The molecular formula is C19H17ClN4O5S. The first-order valence-electron chi connectivity index (χ1n) is 8.62. The molecule has 11 heteroatoms.